The van der Waals surface area contributed by atoms with E-state index >= 15 is 0 Å². The number of hydroxylamine groups is 2. The maximum atomic E-state index is 13.5. The molecule has 1 aliphatic rings. The number of carbonyl (C=O) groups excluding carboxylic acids is 7. The Morgan fingerprint density at radius 3 is 1.75 bits per heavy atom. The van der Waals surface area contributed by atoms with E-state index in [9.17, 15) is 85.0 Å². The van der Waals surface area contributed by atoms with E-state index < -0.39 is 181 Å². The number of Topliss-reactive ketones (excluding diaryl/α,β-unsaturated/α-hetero) is 1. The molecule has 1 saturated heterocycles. The molecular formula is C30H44N6O23S4. The van der Waals surface area contributed by atoms with Crippen molar-refractivity contribution in [3.8, 4) is 0 Å². The van der Waals surface area contributed by atoms with Crippen molar-refractivity contribution in [2.45, 2.75) is 67.6 Å². The molecule has 33 heteroatoms. The Morgan fingerprint density at radius 1 is 0.794 bits per heavy atom. The summed E-state index contributed by atoms with van der Waals surface area (Å²) in [5.74, 6) is -17.6. The van der Waals surface area contributed by atoms with Gasteiger partial charge in [0.2, 0.25) is 39.3 Å². The molecule has 0 bridgehead atoms. The van der Waals surface area contributed by atoms with Crippen molar-refractivity contribution in [3.63, 3.8) is 0 Å². The fourth-order valence-corrected chi connectivity index (χ4v) is 8.49. The zero-order valence-electron chi connectivity index (χ0n) is 33.1. The van der Waals surface area contributed by atoms with E-state index in [0.29, 0.717) is 36.0 Å². The van der Waals surface area contributed by atoms with Gasteiger partial charge in [0.15, 0.2) is 0 Å². The molecule has 0 saturated carbocycles. The van der Waals surface area contributed by atoms with Crippen LogP contribution in [0.25, 0.3) is 0 Å². The highest BCUT2D eigenvalue weighted by atomic mass is 32.2. The minimum atomic E-state index is -4.48. The van der Waals surface area contributed by atoms with Crippen LogP contribution in [0.2, 0.25) is 0 Å². The highest BCUT2D eigenvalue weighted by molar-refractivity contribution is 8.01. The number of aliphatic carboxylic acids is 4. The number of carboxylic acids is 4. The Kier molecular flexibility index (Phi) is 22.3. The molecule has 0 aliphatic carbocycles. The fraction of sp³-hybridized carbons (Fsp3) is 0.633. The standard InChI is InChI=1S/C30H44N6O23S4/c1-4-57-29(51)30(13-60-11-15(24(44)31-9-20(39)40)33-19(38)8-6-17(27(48)49)36(52)62(2,53)54)23(22(43)28(50)58-30)61-12-16(25(45)32-10-21(41)42)34-18(37)7-5-14(26(46)47)35-59-63(3,55)56/h14-17,23,35,52H,4-13H2,1-3H3,(H,31,44)(H,32,45)(H,33,38)(H,34,37)(H,39,40)(H,41,42)(H,46,47)(H,48,49). The monoisotopic (exact) mass is 984 g/mol. The summed E-state index contributed by atoms with van der Waals surface area (Å²) in [4.78, 5) is 137. The third-order valence-corrected chi connectivity index (χ3v) is 11.7. The first kappa shape index (κ1) is 55.8. The van der Waals surface area contributed by atoms with Crippen LogP contribution >= 0.6 is 23.5 Å². The highest BCUT2D eigenvalue weighted by Crippen LogP contribution is 2.38. The van der Waals surface area contributed by atoms with Crippen LogP contribution in [0, 0.1) is 0 Å². The summed E-state index contributed by atoms with van der Waals surface area (Å²) in [6.07, 6.45) is -1.96. The van der Waals surface area contributed by atoms with Gasteiger partial charge in [-0.2, -0.15) is 29.9 Å². The SMILES string of the molecule is CCOC(=O)C1(CSCC(NC(=O)CCC(C(=O)O)N(O)S(C)(=O)=O)C(=O)NCC(=O)O)OC(=O)C(=O)C1SCC(NC(=O)CCC(NOS(C)(=O)=O)C(=O)O)C(=O)NCC(=O)O. The molecule has 4 amide bonds. The summed E-state index contributed by atoms with van der Waals surface area (Å²) >= 11 is 0.894. The third kappa shape index (κ3) is 19.0. The summed E-state index contributed by atoms with van der Waals surface area (Å²) in [6.45, 7) is -1.01. The number of hydrogen-bond acceptors (Lipinski definition) is 22. The van der Waals surface area contributed by atoms with Gasteiger partial charge in [0.1, 0.15) is 42.5 Å². The lowest BCUT2D eigenvalue weighted by molar-refractivity contribution is -0.171. The summed E-state index contributed by atoms with van der Waals surface area (Å²) < 4.78 is 59.8. The smallest absolute Gasteiger partial charge is 0.377 e. The molecule has 0 aromatic rings. The van der Waals surface area contributed by atoms with Crippen LogP contribution in [-0.2, 0) is 86.6 Å². The summed E-state index contributed by atoms with van der Waals surface area (Å²) in [6, 6.07) is -7.44. The molecule has 0 aromatic heterocycles. The van der Waals surface area contributed by atoms with E-state index in [1.54, 1.807) is 5.48 Å². The molecule has 1 heterocycles. The Labute approximate surface area is 365 Å². The molecule has 356 valence electrons. The van der Waals surface area contributed by atoms with Gasteiger partial charge < -0.3 is 51.2 Å². The first-order valence-electron chi connectivity index (χ1n) is 17.6. The molecule has 0 spiro atoms. The van der Waals surface area contributed by atoms with Crippen LogP contribution in [0.4, 0.5) is 0 Å². The van der Waals surface area contributed by atoms with E-state index in [1.165, 1.54) is 6.92 Å². The average molecular weight is 985 g/mol. The quantitative estimate of drug-likeness (QED) is 0.0182. The zero-order valence-corrected chi connectivity index (χ0v) is 36.4. The van der Waals surface area contributed by atoms with Crippen LogP contribution in [0.15, 0.2) is 0 Å². The number of ether oxygens (including phenoxy) is 2. The predicted octanol–water partition coefficient (Wildman–Crippen LogP) is -5.78. The van der Waals surface area contributed by atoms with Crippen LogP contribution in [-0.4, -0.2) is 197 Å². The first-order valence-corrected chi connectivity index (χ1v) is 23.4. The molecule has 29 nitrogen and oxygen atoms in total. The van der Waals surface area contributed by atoms with E-state index in [-0.39, 0.29) is 6.61 Å². The number of hydrogen-bond donors (Lipinski definition) is 10. The number of esters is 2. The number of nitrogens with one attached hydrogen (secondary N) is 5. The van der Waals surface area contributed by atoms with Crippen LogP contribution in [0.3, 0.4) is 0 Å². The van der Waals surface area contributed by atoms with Crippen molar-refractivity contribution in [2.75, 3.05) is 49.5 Å². The molecule has 0 aromatic carbocycles. The largest absolute Gasteiger partial charge is 0.480 e. The minimum absolute atomic E-state index is 0.357. The van der Waals surface area contributed by atoms with Gasteiger partial charge in [-0.05, 0) is 19.8 Å². The summed E-state index contributed by atoms with van der Waals surface area (Å²) in [5.41, 5.74) is -0.844. The zero-order chi connectivity index (χ0) is 48.5. The average Bonchev–Trinajstić information content (AvgIpc) is 3.41. The molecule has 0 radical (unpaired) electrons. The summed E-state index contributed by atoms with van der Waals surface area (Å²) in [7, 11) is -8.67. The maximum absolute atomic E-state index is 13.5. The predicted molar refractivity (Wildman–Crippen MR) is 208 cm³/mol. The van der Waals surface area contributed by atoms with Gasteiger partial charge in [-0.3, -0.25) is 48.4 Å². The van der Waals surface area contributed by atoms with Gasteiger partial charge in [0.25, 0.3) is 15.9 Å². The number of carboxylic acid groups (broad SMARTS) is 4. The molecule has 63 heavy (non-hydrogen) atoms. The fourth-order valence-electron chi connectivity index (χ4n) is 4.84. The molecule has 1 fully saturated rings. The topological polar surface area (TPSA) is 448 Å². The Balaban J connectivity index is 3.41. The summed E-state index contributed by atoms with van der Waals surface area (Å²) in [5, 5.41) is 52.9. The van der Waals surface area contributed by atoms with Gasteiger partial charge in [-0.25, -0.2) is 18.0 Å². The second-order valence-corrected chi connectivity index (χ2v) is 18.4. The van der Waals surface area contributed by atoms with Gasteiger partial charge in [0.05, 0.1) is 19.1 Å². The van der Waals surface area contributed by atoms with Crippen molar-refractivity contribution in [1.82, 2.24) is 31.2 Å². The Hall–Kier alpha value is -5.19. The maximum Gasteiger partial charge on any atom is 0.377 e. The van der Waals surface area contributed by atoms with Crippen molar-refractivity contribution in [1.29, 1.82) is 0 Å². The van der Waals surface area contributed by atoms with E-state index in [4.69, 9.17) is 19.7 Å². The number of ketones is 1. The number of cyclic esters (lactones) is 1. The molecule has 10 N–H and O–H groups in total. The van der Waals surface area contributed by atoms with Crippen LogP contribution < -0.4 is 26.7 Å². The molecule has 6 unspecified atom stereocenters. The molecule has 1 rings (SSSR count). The number of nitrogens with zero attached hydrogens (tertiary/aromatic N) is 1. The number of rotatable bonds is 30. The van der Waals surface area contributed by atoms with E-state index in [2.05, 4.69) is 14.9 Å². The van der Waals surface area contributed by atoms with Gasteiger partial charge >= 0.3 is 35.8 Å². The second-order valence-electron chi connectivity index (χ2n) is 12.8. The van der Waals surface area contributed by atoms with Crippen LogP contribution in [0.1, 0.15) is 32.6 Å². The van der Waals surface area contributed by atoms with E-state index in [1.807, 2.05) is 10.6 Å². The Morgan fingerprint density at radius 2 is 1.30 bits per heavy atom. The van der Waals surface area contributed by atoms with E-state index in [0.717, 1.165) is 0 Å². The number of thioether (sulfide) groups is 2. The lowest BCUT2D eigenvalue weighted by Gasteiger charge is -2.30. The Bertz CT molecular complexity index is 2000. The highest BCUT2D eigenvalue weighted by Gasteiger charge is 2.62. The molecule has 6 atom stereocenters. The van der Waals surface area contributed by atoms with Crippen LogP contribution in [0.5, 0.6) is 0 Å². The lowest BCUT2D eigenvalue weighted by Crippen LogP contribution is -2.54. The number of amides is 4. The van der Waals surface area contributed by atoms with Crippen molar-refractivity contribution >= 4 is 109 Å². The first-order chi connectivity index (χ1) is 29.1. The van der Waals surface area contributed by atoms with Crippen molar-refractivity contribution in [2.24, 2.45) is 0 Å². The van der Waals surface area contributed by atoms with Gasteiger partial charge in [-0.1, -0.05) is 4.47 Å². The van der Waals surface area contributed by atoms with Gasteiger partial charge in [-0.15, -0.1) is 11.8 Å². The molecular weight excluding hydrogens is 941 g/mol. The normalized spacial score (nSPS) is 18.2. The third-order valence-electron chi connectivity index (χ3n) is 7.76. The second kappa shape index (κ2) is 25.2. The molecule has 1 aliphatic heterocycles. The number of sulfonamides is 1. The number of carbonyl (C=O) groups is 11. The van der Waals surface area contributed by atoms with Gasteiger partial charge in [0, 0.05) is 30.1 Å². The van der Waals surface area contributed by atoms with Crippen molar-refractivity contribution in [3.05, 3.63) is 0 Å². The lowest BCUT2D eigenvalue weighted by atomic mass is 10.0. The van der Waals surface area contributed by atoms with Crippen molar-refractivity contribution < 1.29 is 109 Å². The minimum Gasteiger partial charge on any atom is -0.480 e.